The largest absolute Gasteiger partial charge is 0.330 e. The fourth-order valence-electron chi connectivity index (χ4n) is 2.36. The van der Waals surface area contributed by atoms with Gasteiger partial charge in [-0.15, -0.1) is 11.1 Å². The number of rotatable bonds is 2. The van der Waals surface area contributed by atoms with Crippen molar-refractivity contribution in [3.63, 3.8) is 0 Å². The molecule has 0 aromatic heterocycles. The van der Waals surface area contributed by atoms with Crippen LogP contribution >= 0.6 is 11.1 Å². The average molecular weight is 350 g/mol. The summed E-state index contributed by atoms with van der Waals surface area (Å²) < 4.78 is 5.47. The molecule has 0 amide bonds. The van der Waals surface area contributed by atoms with E-state index in [4.69, 9.17) is 11.1 Å². The summed E-state index contributed by atoms with van der Waals surface area (Å²) in [5.41, 5.74) is 0. The van der Waals surface area contributed by atoms with Gasteiger partial charge in [-0.1, -0.05) is 67.7 Å². The van der Waals surface area contributed by atoms with E-state index in [1.54, 1.807) is 0 Å². The fraction of sp³-hybridized carbons (Fsp3) is 1.00. The maximum atomic E-state index is 7.05. The molecule has 2 nitrogen and oxygen atoms in total. The Morgan fingerprint density at radius 1 is 0.750 bits per heavy atom. The highest BCUT2D eigenvalue weighted by Crippen LogP contribution is 2.45. The normalized spacial score (nSPS) is 21.8. The number of hydrogen-bond acceptors (Lipinski definition) is 2. The van der Waals surface area contributed by atoms with Crippen molar-refractivity contribution in [2.45, 2.75) is 77.8 Å². The summed E-state index contributed by atoms with van der Waals surface area (Å²) in [7, 11) is -4.03. The zero-order chi connectivity index (χ0) is 16.1. The lowest BCUT2D eigenvalue weighted by molar-refractivity contribution is 0.579. The number of nitrogens with zero attached hydrogens (tertiary/aromatic N) is 2. The van der Waals surface area contributed by atoms with Crippen LogP contribution in [0.3, 0.4) is 0 Å². The highest BCUT2D eigenvalue weighted by atomic mass is 35.6. The highest BCUT2D eigenvalue weighted by molar-refractivity contribution is 7.13. The summed E-state index contributed by atoms with van der Waals surface area (Å²) in [6.07, 6.45) is 0. The number of hydrogen-bond donors (Lipinski definition) is 0. The Bertz CT molecular complexity index is 324. The fourth-order valence-corrected chi connectivity index (χ4v) is 17.2. The Balaban J connectivity index is 3.03. The molecule has 1 heterocycles. The molecule has 1 fully saturated rings. The van der Waals surface area contributed by atoms with Gasteiger partial charge >= 0.3 is 8.43 Å². The van der Waals surface area contributed by atoms with Gasteiger partial charge in [0.25, 0.3) is 0 Å². The van der Waals surface area contributed by atoms with Crippen molar-refractivity contribution in [2.24, 2.45) is 0 Å². The van der Waals surface area contributed by atoms with E-state index in [1.165, 1.54) is 13.1 Å². The topological polar surface area (TPSA) is 6.48 Å². The van der Waals surface area contributed by atoms with Gasteiger partial charge < -0.3 is 8.46 Å². The molecule has 0 aromatic rings. The molecule has 0 atom stereocenters. The third kappa shape index (κ3) is 3.13. The van der Waals surface area contributed by atoms with E-state index >= 15 is 0 Å². The third-order valence-corrected chi connectivity index (χ3v) is 24.5. The first-order valence-corrected chi connectivity index (χ1v) is 16.0. The van der Waals surface area contributed by atoms with Crippen molar-refractivity contribution >= 4 is 36.0 Å². The maximum Gasteiger partial charge on any atom is 0.330 e. The molecule has 0 bridgehead atoms. The van der Waals surface area contributed by atoms with Crippen LogP contribution in [0.2, 0.25) is 36.3 Å². The van der Waals surface area contributed by atoms with Crippen LogP contribution in [0.15, 0.2) is 0 Å². The lowest BCUT2D eigenvalue weighted by atomic mass is 10.2. The van der Waals surface area contributed by atoms with Crippen molar-refractivity contribution in [3.8, 4) is 0 Å². The molecule has 1 saturated heterocycles. The van der Waals surface area contributed by atoms with Crippen LogP contribution in [0.1, 0.15) is 41.5 Å². The zero-order valence-corrected chi connectivity index (χ0v) is 18.9. The van der Waals surface area contributed by atoms with Gasteiger partial charge in [0.1, 0.15) is 16.5 Å². The molecule has 1 rings (SSSR count). The van der Waals surface area contributed by atoms with Crippen molar-refractivity contribution in [2.75, 3.05) is 13.1 Å². The Morgan fingerprint density at radius 2 is 1.00 bits per heavy atom. The van der Waals surface area contributed by atoms with Crippen molar-refractivity contribution in [1.82, 2.24) is 8.46 Å². The van der Waals surface area contributed by atoms with Gasteiger partial charge in [-0.3, -0.25) is 0 Å². The summed E-state index contributed by atoms with van der Waals surface area (Å²) in [6, 6.07) is 0. The van der Waals surface area contributed by atoms with E-state index in [2.05, 4.69) is 76.2 Å². The standard InChI is InChI=1S/C14H34ClN2Si3/c1-13(2,3)19(7,8)16-11-12-17(18(16)15)20(9,10)14(4,5)6/h11-12H2,1-10H3. The van der Waals surface area contributed by atoms with Crippen LogP contribution in [0.4, 0.5) is 0 Å². The van der Waals surface area contributed by atoms with E-state index in [9.17, 15) is 0 Å². The van der Waals surface area contributed by atoms with Gasteiger partial charge in [0, 0.05) is 0 Å². The van der Waals surface area contributed by atoms with Gasteiger partial charge in [0.05, 0.1) is 0 Å². The summed E-state index contributed by atoms with van der Waals surface area (Å²) in [5, 5.41) is 0.752. The molecule has 0 saturated carbocycles. The third-order valence-electron chi connectivity index (χ3n) is 6.01. The van der Waals surface area contributed by atoms with E-state index < -0.39 is 24.9 Å². The minimum Gasteiger partial charge on any atom is -0.320 e. The van der Waals surface area contributed by atoms with E-state index in [0.717, 1.165) is 0 Å². The zero-order valence-electron chi connectivity index (χ0n) is 15.2. The monoisotopic (exact) mass is 349 g/mol. The molecule has 0 unspecified atom stereocenters. The van der Waals surface area contributed by atoms with Crippen LogP contribution in [0, 0.1) is 0 Å². The van der Waals surface area contributed by atoms with E-state index in [0.29, 0.717) is 10.1 Å². The molecule has 0 aliphatic carbocycles. The van der Waals surface area contributed by atoms with Crippen molar-refractivity contribution in [3.05, 3.63) is 0 Å². The summed E-state index contributed by atoms with van der Waals surface area (Å²) in [5.74, 6) is 0. The molecule has 0 aromatic carbocycles. The molecule has 0 N–H and O–H groups in total. The van der Waals surface area contributed by atoms with Crippen LogP contribution in [-0.4, -0.2) is 46.5 Å². The van der Waals surface area contributed by atoms with Crippen LogP contribution in [-0.2, 0) is 0 Å². The summed E-state index contributed by atoms with van der Waals surface area (Å²) >= 11 is 7.05. The molecule has 119 valence electrons. The molecular weight excluding hydrogens is 316 g/mol. The smallest absolute Gasteiger partial charge is 0.320 e. The molecule has 6 heteroatoms. The first-order chi connectivity index (χ1) is 8.64. The highest BCUT2D eigenvalue weighted by Gasteiger charge is 2.54. The van der Waals surface area contributed by atoms with Crippen LogP contribution in [0.25, 0.3) is 0 Å². The molecule has 0 spiro atoms. The first kappa shape index (κ1) is 18.9. The minimum atomic E-state index is -1.49. The molecule has 20 heavy (non-hydrogen) atoms. The predicted octanol–water partition coefficient (Wildman–Crippen LogP) is 4.84. The van der Waals surface area contributed by atoms with Crippen molar-refractivity contribution < 1.29 is 0 Å². The van der Waals surface area contributed by atoms with Gasteiger partial charge in [-0.05, 0) is 23.2 Å². The average Bonchev–Trinajstić information content (AvgIpc) is 2.57. The maximum absolute atomic E-state index is 7.05. The molecule has 1 radical (unpaired) electrons. The Hall–Kier alpha value is 0.861. The summed E-state index contributed by atoms with van der Waals surface area (Å²) in [6.45, 7) is 26.7. The minimum absolute atomic E-state index is 0.376. The van der Waals surface area contributed by atoms with E-state index in [1.807, 2.05) is 0 Å². The molecular formula is C14H34ClN2Si3. The Kier molecular flexibility index (Phi) is 5.19. The lowest BCUT2D eigenvalue weighted by Crippen LogP contribution is -2.64. The van der Waals surface area contributed by atoms with Crippen molar-refractivity contribution in [1.29, 1.82) is 0 Å². The second kappa shape index (κ2) is 5.49. The molecule has 1 aliphatic heterocycles. The molecule has 1 aliphatic rings. The summed E-state index contributed by atoms with van der Waals surface area (Å²) in [4.78, 5) is 0. The lowest BCUT2D eigenvalue weighted by Gasteiger charge is -2.48. The Labute approximate surface area is 135 Å². The second-order valence-electron chi connectivity index (χ2n) is 9.19. The van der Waals surface area contributed by atoms with Crippen LogP contribution < -0.4 is 0 Å². The van der Waals surface area contributed by atoms with Gasteiger partial charge in [-0.2, -0.15) is 0 Å². The number of halogens is 1. The predicted molar refractivity (Wildman–Crippen MR) is 99.4 cm³/mol. The Morgan fingerprint density at radius 3 is 1.20 bits per heavy atom. The van der Waals surface area contributed by atoms with E-state index in [-0.39, 0.29) is 0 Å². The second-order valence-corrected chi connectivity index (χ2v) is 23.0. The van der Waals surface area contributed by atoms with Gasteiger partial charge in [-0.25, -0.2) is 0 Å². The van der Waals surface area contributed by atoms with Gasteiger partial charge in [0.15, 0.2) is 0 Å². The first-order valence-electron chi connectivity index (χ1n) is 7.72. The van der Waals surface area contributed by atoms with Gasteiger partial charge in [0.2, 0.25) is 0 Å². The SMILES string of the molecule is CC(C)(C)[Si](C)(C)N1CCN([Si](C)(C)C(C)(C)C)[Si]1Cl. The van der Waals surface area contributed by atoms with Crippen LogP contribution in [0.5, 0.6) is 0 Å². The quantitative estimate of drug-likeness (QED) is 0.520.